The van der Waals surface area contributed by atoms with Crippen LogP contribution in [-0.2, 0) is 0 Å². The average Bonchev–Trinajstić information content (AvgIpc) is 2.76. The van der Waals surface area contributed by atoms with Gasteiger partial charge in [-0.05, 0) is 18.2 Å². The molecular weight excluding hydrogens is 230 g/mol. The Balaban J connectivity index is 1.95. The zero-order chi connectivity index (χ0) is 12.4. The van der Waals surface area contributed by atoms with Crippen LogP contribution in [0.4, 0.5) is 5.82 Å². The van der Waals surface area contributed by atoms with Crippen LogP contribution in [0.3, 0.4) is 0 Å². The molecule has 0 amide bonds. The van der Waals surface area contributed by atoms with Crippen LogP contribution in [-0.4, -0.2) is 30.5 Å². The molecule has 0 saturated heterocycles. The molecule has 1 aliphatic heterocycles. The summed E-state index contributed by atoms with van der Waals surface area (Å²) < 4.78 is 11.3. The van der Waals surface area contributed by atoms with E-state index in [1.807, 2.05) is 31.3 Å². The minimum Gasteiger partial charge on any atom is -0.490 e. The third kappa shape index (κ3) is 1.99. The SMILES string of the molecule is CNc1cc(-c2ccc3c(c2)OCCCO3)[nH]n1. The van der Waals surface area contributed by atoms with E-state index in [9.17, 15) is 0 Å². The number of hydrogen-bond donors (Lipinski definition) is 2. The van der Waals surface area contributed by atoms with Crippen molar-refractivity contribution in [3.63, 3.8) is 0 Å². The second-order valence-electron chi connectivity index (χ2n) is 4.13. The molecule has 0 radical (unpaired) electrons. The van der Waals surface area contributed by atoms with Gasteiger partial charge in [0, 0.05) is 25.1 Å². The Labute approximate surface area is 105 Å². The van der Waals surface area contributed by atoms with E-state index >= 15 is 0 Å². The molecular formula is C13H15N3O2. The van der Waals surface area contributed by atoms with Gasteiger partial charge in [-0.15, -0.1) is 0 Å². The number of aromatic amines is 1. The molecule has 3 rings (SSSR count). The number of hydrogen-bond acceptors (Lipinski definition) is 4. The summed E-state index contributed by atoms with van der Waals surface area (Å²) in [6, 6.07) is 7.88. The molecule has 5 nitrogen and oxygen atoms in total. The normalized spacial score (nSPS) is 14.1. The topological polar surface area (TPSA) is 59.2 Å². The van der Waals surface area contributed by atoms with Crippen molar-refractivity contribution < 1.29 is 9.47 Å². The van der Waals surface area contributed by atoms with Gasteiger partial charge in [0.2, 0.25) is 0 Å². The van der Waals surface area contributed by atoms with Gasteiger partial charge in [-0.1, -0.05) is 0 Å². The number of fused-ring (bicyclic) bond motifs is 1. The number of ether oxygens (including phenoxy) is 2. The molecule has 0 unspecified atom stereocenters. The van der Waals surface area contributed by atoms with E-state index in [0.717, 1.165) is 35.0 Å². The van der Waals surface area contributed by atoms with E-state index < -0.39 is 0 Å². The van der Waals surface area contributed by atoms with Crippen molar-refractivity contribution in [1.29, 1.82) is 0 Å². The zero-order valence-corrected chi connectivity index (χ0v) is 10.2. The molecule has 2 aromatic rings. The predicted molar refractivity (Wildman–Crippen MR) is 69.2 cm³/mol. The standard InChI is InChI=1S/C13H15N3O2/c1-14-13-8-10(15-16-13)9-3-4-11-12(7-9)18-6-2-5-17-11/h3-4,7-8H,2,5-6H2,1H3,(H2,14,15,16). The largest absolute Gasteiger partial charge is 0.490 e. The molecule has 1 aromatic carbocycles. The Bertz CT molecular complexity index is 551. The lowest BCUT2D eigenvalue weighted by Gasteiger charge is -2.08. The van der Waals surface area contributed by atoms with Gasteiger partial charge in [0.15, 0.2) is 11.5 Å². The number of anilines is 1. The van der Waals surface area contributed by atoms with Crippen LogP contribution in [0, 0.1) is 0 Å². The summed E-state index contributed by atoms with van der Waals surface area (Å²) in [7, 11) is 1.84. The van der Waals surface area contributed by atoms with Gasteiger partial charge in [-0.3, -0.25) is 5.10 Å². The minimum absolute atomic E-state index is 0.696. The summed E-state index contributed by atoms with van der Waals surface area (Å²) in [5.74, 6) is 2.42. The summed E-state index contributed by atoms with van der Waals surface area (Å²) in [5, 5.41) is 10.1. The molecule has 0 bridgehead atoms. The first kappa shape index (κ1) is 11.0. The van der Waals surface area contributed by atoms with E-state index in [2.05, 4.69) is 15.5 Å². The lowest BCUT2D eigenvalue weighted by molar-refractivity contribution is 0.297. The third-order valence-corrected chi connectivity index (χ3v) is 2.89. The molecule has 0 saturated carbocycles. The van der Waals surface area contributed by atoms with Gasteiger partial charge < -0.3 is 14.8 Å². The number of rotatable bonds is 2. The van der Waals surface area contributed by atoms with E-state index in [4.69, 9.17) is 9.47 Å². The molecule has 2 N–H and O–H groups in total. The van der Waals surface area contributed by atoms with Crippen molar-refractivity contribution >= 4 is 5.82 Å². The quantitative estimate of drug-likeness (QED) is 0.852. The highest BCUT2D eigenvalue weighted by molar-refractivity contribution is 5.66. The maximum atomic E-state index is 5.67. The van der Waals surface area contributed by atoms with E-state index in [-0.39, 0.29) is 0 Å². The summed E-state index contributed by atoms with van der Waals surface area (Å²) in [5.41, 5.74) is 1.99. The van der Waals surface area contributed by atoms with Crippen molar-refractivity contribution in [3.05, 3.63) is 24.3 Å². The van der Waals surface area contributed by atoms with Gasteiger partial charge in [-0.2, -0.15) is 5.10 Å². The number of nitrogens with one attached hydrogen (secondary N) is 2. The highest BCUT2D eigenvalue weighted by atomic mass is 16.5. The predicted octanol–water partition coefficient (Wildman–Crippen LogP) is 2.28. The fraction of sp³-hybridized carbons (Fsp3) is 0.308. The first-order valence-corrected chi connectivity index (χ1v) is 6.00. The van der Waals surface area contributed by atoms with Crippen LogP contribution >= 0.6 is 0 Å². The van der Waals surface area contributed by atoms with Crippen molar-refractivity contribution in [2.45, 2.75) is 6.42 Å². The molecule has 5 heteroatoms. The first-order valence-electron chi connectivity index (χ1n) is 6.00. The monoisotopic (exact) mass is 245 g/mol. The number of nitrogens with zero attached hydrogens (tertiary/aromatic N) is 1. The second kappa shape index (κ2) is 4.60. The summed E-state index contributed by atoms with van der Waals surface area (Å²) in [6.07, 6.45) is 0.915. The zero-order valence-electron chi connectivity index (χ0n) is 10.2. The fourth-order valence-electron chi connectivity index (χ4n) is 1.93. The first-order chi connectivity index (χ1) is 8.86. The highest BCUT2D eigenvalue weighted by Crippen LogP contribution is 2.33. The molecule has 0 aliphatic carbocycles. The molecule has 94 valence electrons. The van der Waals surface area contributed by atoms with Crippen LogP contribution in [0.5, 0.6) is 11.5 Å². The number of benzene rings is 1. The highest BCUT2D eigenvalue weighted by Gasteiger charge is 2.12. The number of aromatic nitrogens is 2. The van der Waals surface area contributed by atoms with Crippen molar-refractivity contribution in [3.8, 4) is 22.8 Å². The maximum Gasteiger partial charge on any atom is 0.161 e. The van der Waals surface area contributed by atoms with Gasteiger partial charge in [-0.25, -0.2) is 0 Å². The fourth-order valence-corrected chi connectivity index (χ4v) is 1.93. The second-order valence-corrected chi connectivity index (χ2v) is 4.13. The van der Waals surface area contributed by atoms with Crippen LogP contribution in [0.25, 0.3) is 11.3 Å². The Morgan fingerprint density at radius 3 is 2.78 bits per heavy atom. The summed E-state index contributed by atoms with van der Waals surface area (Å²) >= 11 is 0. The third-order valence-electron chi connectivity index (χ3n) is 2.89. The summed E-state index contributed by atoms with van der Waals surface area (Å²) in [4.78, 5) is 0. The minimum atomic E-state index is 0.696. The lowest BCUT2D eigenvalue weighted by atomic mass is 10.1. The molecule has 18 heavy (non-hydrogen) atoms. The number of H-pyrrole nitrogens is 1. The van der Waals surface area contributed by atoms with Crippen LogP contribution in [0.2, 0.25) is 0 Å². The van der Waals surface area contributed by atoms with Gasteiger partial charge in [0.05, 0.1) is 18.9 Å². The van der Waals surface area contributed by atoms with Gasteiger partial charge in [0.1, 0.15) is 5.82 Å². The van der Waals surface area contributed by atoms with Crippen molar-refractivity contribution in [1.82, 2.24) is 10.2 Å². The Morgan fingerprint density at radius 1 is 1.17 bits per heavy atom. The molecule has 1 aliphatic rings. The molecule has 0 fully saturated rings. The molecule has 0 atom stereocenters. The Hall–Kier alpha value is -2.17. The maximum absolute atomic E-state index is 5.67. The van der Waals surface area contributed by atoms with Crippen LogP contribution < -0.4 is 14.8 Å². The average molecular weight is 245 g/mol. The van der Waals surface area contributed by atoms with Crippen LogP contribution in [0.15, 0.2) is 24.3 Å². The Morgan fingerprint density at radius 2 is 2.00 bits per heavy atom. The molecule has 1 aromatic heterocycles. The van der Waals surface area contributed by atoms with Crippen molar-refractivity contribution in [2.24, 2.45) is 0 Å². The smallest absolute Gasteiger partial charge is 0.161 e. The molecule has 2 heterocycles. The Kier molecular flexibility index (Phi) is 2.80. The van der Waals surface area contributed by atoms with E-state index in [1.165, 1.54) is 0 Å². The van der Waals surface area contributed by atoms with Crippen molar-refractivity contribution in [2.75, 3.05) is 25.6 Å². The summed E-state index contributed by atoms with van der Waals surface area (Å²) in [6.45, 7) is 1.40. The lowest BCUT2D eigenvalue weighted by Crippen LogP contribution is -1.97. The van der Waals surface area contributed by atoms with Gasteiger partial charge in [0.25, 0.3) is 0 Å². The molecule has 0 spiro atoms. The van der Waals surface area contributed by atoms with E-state index in [1.54, 1.807) is 0 Å². The van der Waals surface area contributed by atoms with E-state index in [0.29, 0.717) is 13.2 Å². The van der Waals surface area contributed by atoms with Gasteiger partial charge >= 0.3 is 0 Å². The van der Waals surface area contributed by atoms with Crippen LogP contribution in [0.1, 0.15) is 6.42 Å².